The fourth-order valence-corrected chi connectivity index (χ4v) is 5.73. The molecule has 10 heteroatoms. The molecular weight excluding hydrogens is 461 g/mol. The Labute approximate surface area is 201 Å². The SMILES string of the molecule is O=C(C1Cc2cc([N+](=O)[O-])ccc2N2CCCCC12)N1CCN(c2cccc(C(F)(F)F)c2)CC1. The number of carbonyl (C=O) groups excluding carboxylic acids is 1. The Morgan fingerprint density at radius 3 is 2.49 bits per heavy atom. The molecule has 2 unspecified atom stereocenters. The number of nitro groups is 1. The Bertz CT molecular complexity index is 1130. The highest BCUT2D eigenvalue weighted by Crippen LogP contribution is 2.40. The molecule has 5 rings (SSSR count). The molecule has 2 atom stereocenters. The number of benzene rings is 2. The van der Waals surface area contributed by atoms with Crippen LogP contribution in [-0.2, 0) is 17.4 Å². The Kier molecular flexibility index (Phi) is 6.06. The van der Waals surface area contributed by atoms with Crippen LogP contribution in [0.4, 0.5) is 30.2 Å². The summed E-state index contributed by atoms with van der Waals surface area (Å²) in [4.78, 5) is 30.5. The summed E-state index contributed by atoms with van der Waals surface area (Å²) >= 11 is 0. The lowest BCUT2D eigenvalue weighted by Gasteiger charge is -2.47. The number of rotatable bonds is 3. The van der Waals surface area contributed by atoms with Gasteiger partial charge in [-0.1, -0.05) is 6.07 Å². The van der Waals surface area contributed by atoms with E-state index in [4.69, 9.17) is 0 Å². The molecule has 3 aliphatic rings. The predicted octanol–water partition coefficient (Wildman–Crippen LogP) is 4.49. The Morgan fingerprint density at radius 2 is 1.77 bits per heavy atom. The molecule has 3 heterocycles. The van der Waals surface area contributed by atoms with Gasteiger partial charge in [-0.15, -0.1) is 0 Å². The highest BCUT2D eigenvalue weighted by atomic mass is 19.4. The van der Waals surface area contributed by atoms with Crippen LogP contribution in [-0.4, -0.2) is 54.5 Å². The number of amides is 1. The lowest BCUT2D eigenvalue weighted by molar-refractivity contribution is -0.384. The minimum atomic E-state index is -4.40. The second-order valence-electron chi connectivity index (χ2n) is 9.50. The van der Waals surface area contributed by atoms with E-state index in [9.17, 15) is 28.1 Å². The van der Waals surface area contributed by atoms with Crippen molar-refractivity contribution in [2.24, 2.45) is 5.92 Å². The number of piperidine rings is 1. The molecule has 0 aromatic heterocycles. The Hall–Kier alpha value is -3.30. The number of hydrogen-bond acceptors (Lipinski definition) is 5. The van der Waals surface area contributed by atoms with Gasteiger partial charge in [-0.25, -0.2) is 0 Å². The maximum Gasteiger partial charge on any atom is 0.416 e. The molecule has 2 aromatic rings. The standard InChI is InChI=1S/C25H27F3N4O3/c26-25(27,28)18-4-3-5-19(16-18)29-10-12-30(13-11-29)24(33)21-15-17-14-20(32(34)35)7-8-22(17)31-9-2-1-6-23(21)31/h3-5,7-8,14,16,21,23H,1-2,6,9-13,15H2. The quantitative estimate of drug-likeness (QED) is 0.470. The van der Waals surface area contributed by atoms with Crippen LogP contribution in [0, 0.1) is 16.0 Å². The van der Waals surface area contributed by atoms with Crippen molar-refractivity contribution in [3.05, 3.63) is 63.7 Å². The van der Waals surface area contributed by atoms with Gasteiger partial charge in [0.15, 0.2) is 0 Å². The zero-order valence-electron chi connectivity index (χ0n) is 19.2. The van der Waals surface area contributed by atoms with Crippen LogP contribution < -0.4 is 9.80 Å². The van der Waals surface area contributed by atoms with Gasteiger partial charge in [0.2, 0.25) is 5.91 Å². The van der Waals surface area contributed by atoms with E-state index in [1.807, 2.05) is 9.80 Å². The summed E-state index contributed by atoms with van der Waals surface area (Å²) in [6, 6.07) is 10.3. The third kappa shape index (κ3) is 4.53. The Morgan fingerprint density at radius 1 is 1.00 bits per heavy atom. The van der Waals surface area contributed by atoms with Crippen LogP contribution in [0.25, 0.3) is 0 Å². The normalized spacial score (nSPS) is 22.4. The monoisotopic (exact) mass is 488 g/mol. The molecule has 0 saturated carbocycles. The van der Waals surface area contributed by atoms with Gasteiger partial charge >= 0.3 is 6.18 Å². The van der Waals surface area contributed by atoms with Crippen LogP contribution in [0.5, 0.6) is 0 Å². The van der Waals surface area contributed by atoms with Gasteiger partial charge in [0.1, 0.15) is 0 Å². The van der Waals surface area contributed by atoms with Gasteiger partial charge in [0.25, 0.3) is 5.69 Å². The number of anilines is 2. The number of piperazine rings is 1. The molecule has 7 nitrogen and oxygen atoms in total. The molecule has 0 spiro atoms. The second kappa shape index (κ2) is 9.05. The first-order valence-corrected chi connectivity index (χ1v) is 12.0. The number of nitro benzene ring substituents is 1. The van der Waals surface area contributed by atoms with Crippen molar-refractivity contribution in [3.63, 3.8) is 0 Å². The van der Waals surface area contributed by atoms with Crippen LogP contribution in [0.1, 0.15) is 30.4 Å². The lowest BCUT2D eigenvalue weighted by Crippen LogP contribution is -2.57. The lowest BCUT2D eigenvalue weighted by atomic mass is 9.80. The molecular formula is C25H27F3N4O3. The van der Waals surface area contributed by atoms with Crippen LogP contribution in [0.3, 0.4) is 0 Å². The van der Waals surface area contributed by atoms with Crippen molar-refractivity contribution in [1.29, 1.82) is 0 Å². The molecule has 2 fully saturated rings. The van der Waals surface area contributed by atoms with Crippen LogP contribution in [0.2, 0.25) is 0 Å². The first-order chi connectivity index (χ1) is 16.7. The van der Waals surface area contributed by atoms with Crippen molar-refractivity contribution >= 4 is 23.0 Å². The summed E-state index contributed by atoms with van der Waals surface area (Å²) in [6.07, 6.45) is -0.978. The van der Waals surface area contributed by atoms with Crippen molar-refractivity contribution in [2.45, 2.75) is 37.9 Å². The van der Waals surface area contributed by atoms with Gasteiger partial charge in [0, 0.05) is 62.3 Å². The van der Waals surface area contributed by atoms with E-state index in [-0.39, 0.29) is 23.6 Å². The van der Waals surface area contributed by atoms with Crippen molar-refractivity contribution in [3.8, 4) is 0 Å². The highest BCUT2D eigenvalue weighted by Gasteiger charge is 2.42. The van der Waals surface area contributed by atoms with E-state index in [1.54, 1.807) is 18.2 Å². The average molecular weight is 489 g/mol. The molecule has 0 N–H and O–H groups in total. The summed E-state index contributed by atoms with van der Waals surface area (Å²) in [5.41, 5.74) is 1.67. The number of non-ortho nitro benzene ring substituents is 1. The maximum absolute atomic E-state index is 13.7. The molecule has 1 amide bonds. The van der Waals surface area contributed by atoms with Crippen LogP contribution >= 0.6 is 0 Å². The largest absolute Gasteiger partial charge is 0.416 e. The summed E-state index contributed by atoms with van der Waals surface area (Å²) in [7, 11) is 0. The third-order valence-electron chi connectivity index (χ3n) is 7.48. The van der Waals surface area contributed by atoms with E-state index < -0.39 is 16.7 Å². The summed E-state index contributed by atoms with van der Waals surface area (Å²) < 4.78 is 39.3. The number of fused-ring (bicyclic) bond motifs is 3. The topological polar surface area (TPSA) is 69.9 Å². The number of hydrogen-bond donors (Lipinski definition) is 0. The summed E-state index contributed by atoms with van der Waals surface area (Å²) in [5, 5.41) is 11.3. The van der Waals surface area contributed by atoms with E-state index in [2.05, 4.69) is 4.90 Å². The smallest absolute Gasteiger partial charge is 0.368 e. The van der Waals surface area contributed by atoms with Gasteiger partial charge in [-0.3, -0.25) is 14.9 Å². The van der Waals surface area contributed by atoms with Gasteiger partial charge in [0.05, 0.1) is 16.4 Å². The Balaban J connectivity index is 1.32. The first-order valence-electron chi connectivity index (χ1n) is 12.0. The molecule has 2 saturated heterocycles. The van der Waals surface area contributed by atoms with E-state index in [0.717, 1.165) is 49.2 Å². The molecule has 3 aliphatic heterocycles. The highest BCUT2D eigenvalue weighted by molar-refractivity contribution is 5.82. The van der Waals surface area contributed by atoms with E-state index in [1.165, 1.54) is 12.1 Å². The third-order valence-corrected chi connectivity index (χ3v) is 7.48. The molecule has 0 radical (unpaired) electrons. The fraction of sp³-hybridized carbons (Fsp3) is 0.480. The molecule has 186 valence electrons. The van der Waals surface area contributed by atoms with Crippen molar-refractivity contribution in [1.82, 2.24) is 4.90 Å². The fourth-order valence-electron chi connectivity index (χ4n) is 5.73. The van der Waals surface area contributed by atoms with Gasteiger partial charge in [-0.05, 0) is 55.5 Å². The van der Waals surface area contributed by atoms with Crippen molar-refractivity contribution < 1.29 is 22.9 Å². The van der Waals surface area contributed by atoms with Gasteiger partial charge < -0.3 is 14.7 Å². The molecule has 0 bridgehead atoms. The van der Waals surface area contributed by atoms with E-state index in [0.29, 0.717) is 38.3 Å². The average Bonchev–Trinajstić information content (AvgIpc) is 2.87. The zero-order valence-corrected chi connectivity index (χ0v) is 19.2. The zero-order chi connectivity index (χ0) is 24.7. The summed E-state index contributed by atoms with van der Waals surface area (Å²) in [6.45, 7) is 2.59. The van der Waals surface area contributed by atoms with Gasteiger partial charge in [-0.2, -0.15) is 13.2 Å². The number of halogens is 3. The minimum Gasteiger partial charge on any atom is -0.368 e. The minimum absolute atomic E-state index is 0.0279. The number of carbonyl (C=O) groups is 1. The predicted molar refractivity (Wildman–Crippen MR) is 126 cm³/mol. The first kappa shape index (κ1) is 23.4. The molecule has 2 aromatic carbocycles. The summed E-state index contributed by atoms with van der Waals surface area (Å²) in [5.74, 6) is -0.257. The van der Waals surface area contributed by atoms with Crippen LogP contribution in [0.15, 0.2) is 42.5 Å². The van der Waals surface area contributed by atoms with Crippen molar-refractivity contribution in [2.75, 3.05) is 42.5 Å². The van der Waals surface area contributed by atoms with E-state index >= 15 is 0 Å². The molecule has 0 aliphatic carbocycles. The molecule has 35 heavy (non-hydrogen) atoms. The maximum atomic E-state index is 13.7. The number of alkyl halides is 3. The number of nitrogens with zero attached hydrogens (tertiary/aromatic N) is 4. The second-order valence-corrected chi connectivity index (χ2v) is 9.50.